The van der Waals surface area contributed by atoms with Crippen molar-refractivity contribution in [1.29, 1.82) is 0 Å². The van der Waals surface area contributed by atoms with Gasteiger partial charge >= 0.3 is 5.97 Å². The van der Waals surface area contributed by atoms with Gasteiger partial charge in [-0.25, -0.2) is 4.79 Å². The van der Waals surface area contributed by atoms with Crippen LogP contribution in [0.25, 0.3) is 6.08 Å². The van der Waals surface area contributed by atoms with Crippen molar-refractivity contribution in [3.8, 4) is 11.5 Å². The second-order valence-electron chi connectivity index (χ2n) is 4.71. The third kappa shape index (κ3) is 5.32. The predicted molar refractivity (Wildman–Crippen MR) is 101 cm³/mol. The first-order chi connectivity index (χ1) is 11.9. The van der Waals surface area contributed by atoms with E-state index in [9.17, 15) is 9.59 Å². The Hall–Kier alpha value is -1.83. The number of Topliss-reactive ketones (excluding diaryl/α,β-unsaturated/α-hetero) is 1. The van der Waals surface area contributed by atoms with Crippen molar-refractivity contribution in [2.75, 3.05) is 20.8 Å². The largest absolute Gasteiger partial charge is 0.493 e. The molecule has 8 heteroatoms. The van der Waals surface area contributed by atoms with Crippen molar-refractivity contribution in [2.45, 2.75) is 0 Å². The molecule has 0 spiro atoms. The highest BCUT2D eigenvalue weighted by Crippen LogP contribution is 2.36. The van der Waals surface area contributed by atoms with Crippen LogP contribution >= 0.6 is 38.9 Å². The number of carbonyl (C=O) groups is 2. The number of benzene rings is 1. The highest BCUT2D eigenvalue weighted by atomic mass is 79.9. The molecule has 132 valence electrons. The number of ketones is 1. The summed E-state index contributed by atoms with van der Waals surface area (Å²) in [6, 6.07) is 6.73. The van der Waals surface area contributed by atoms with Crippen LogP contribution in [0.15, 0.2) is 34.1 Å². The van der Waals surface area contributed by atoms with E-state index < -0.39 is 5.97 Å². The minimum Gasteiger partial charge on any atom is -0.493 e. The van der Waals surface area contributed by atoms with E-state index >= 15 is 0 Å². The number of rotatable bonds is 7. The summed E-state index contributed by atoms with van der Waals surface area (Å²) in [4.78, 5) is 24.2. The predicted octanol–water partition coefficient (Wildman–Crippen LogP) is 4.62. The summed E-state index contributed by atoms with van der Waals surface area (Å²) in [5, 5.41) is 0.355. The summed E-state index contributed by atoms with van der Waals surface area (Å²) >= 11 is 10.7. The summed E-state index contributed by atoms with van der Waals surface area (Å²) in [5.41, 5.74) is 0.633. The third-order valence-corrected chi connectivity index (χ3v) is 5.01. The lowest BCUT2D eigenvalue weighted by Crippen LogP contribution is -2.11. The normalized spacial score (nSPS) is 10.7. The van der Waals surface area contributed by atoms with Crippen LogP contribution in [0.2, 0.25) is 5.02 Å². The molecule has 0 amide bonds. The average Bonchev–Trinajstić information content (AvgIpc) is 3.03. The summed E-state index contributed by atoms with van der Waals surface area (Å²) in [6.07, 6.45) is 2.73. The first kappa shape index (κ1) is 19.5. The Kier molecular flexibility index (Phi) is 7.04. The van der Waals surface area contributed by atoms with Crippen molar-refractivity contribution in [1.82, 2.24) is 0 Å². The quantitative estimate of drug-likeness (QED) is 0.353. The molecule has 5 nitrogen and oxygen atoms in total. The molecule has 0 saturated heterocycles. The molecule has 0 fully saturated rings. The monoisotopic (exact) mass is 444 g/mol. The van der Waals surface area contributed by atoms with Crippen molar-refractivity contribution in [3.05, 3.63) is 49.6 Å². The van der Waals surface area contributed by atoms with Gasteiger partial charge in [-0.15, -0.1) is 11.3 Å². The number of carbonyl (C=O) groups excluding carboxylic acids is 2. The van der Waals surface area contributed by atoms with Crippen molar-refractivity contribution >= 4 is 56.7 Å². The average molecular weight is 446 g/mol. The Labute approximate surface area is 162 Å². The SMILES string of the molecule is COc1cc(/C=C/C(=O)OCC(=O)c2ccc(Br)s2)cc(Cl)c1OC. The number of ether oxygens (including phenoxy) is 3. The van der Waals surface area contributed by atoms with Gasteiger partial charge in [-0.3, -0.25) is 4.79 Å². The summed E-state index contributed by atoms with van der Waals surface area (Å²) in [6.45, 7) is -0.317. The maximum atomic E-state index is 11.9. The van der Waals surface area contributed by atoms with Crippen molar-refractivity contribution in [3.63, 3.8) is 0 Å². The number of hydrogen-bond acceptors (Lipinski definition) is 6. The van der Waals surface area contributed by atoms with Crippen LogP contribution < -0.4 is 9.47 Å². The topological polar surface area (TPSA) is 61.8 Å². The molecule has 0 unspecified atom stereocenters. The van der Waals surface area contributed by atoms with Gasteiger partial charge in [-0.2, -0.15) is 0 Å². The molecule has 1 aromatic carbocycles. The summed E-state index contributed by atoms with van der Waals surface area (Å²) in [5.74, 6) is -0.0282. The fourth-order valence-corrected chi connectivity index (χ4v) is 3.53. The van der Waals surface area contributed by atoms with E-state index in [1.165, 1.54) is 37.7 Å². The van der Waals surface area contributed by atoms with Crippen LogP contribution in [0, 0.1) is 0 Å². The highest BCUT2D eigenvalue weighted by Gasteiger charge is 2.12. The van der Waals surface area contributed by atoms with E-state index in [1.807, 2.05) is 0 Å². The molecule has 2 rings (SSSR count). The molecule has 25 heavy (non-hydrogen) atoms. The minimum absolute atomic E-state index is 0.258. The molecule has 0 N–H and O–H groups in total. The summed E-state index contributed by atoms with van der Waals surface area (Å²) < 4.78 is 16.1. The first-order valence-corrected chi connectivity index (χ1v) is 8.98. The van der Waals surface area contributed by atoms with Crippen LogP contribution in [0.3, 0.4) is 0 Å². The highest BCUT2D eigenvalue weighted by molar-refractivity contribution is 9.11. The van der Waals surface area contributed by atoms with Crippen molar-refractivity contribution in [2.24, 2.45) is 0 Å². The van der Waals surface area contributed by atoms with E-state index in [1.54, 1.807) is 24.3 Å². The zero-order chi connectivity index (χ0) is 18.4. The lowest BCUT2D eigenvalue weighted by Gasteiger charge is -2.10. The molecule has 1 heterocycles. The molecule has 0 bridgehead atoms. The van der Waals surface area contributed by atoms with Gasteiger partial charge in [0, 0.05) is 6.08 Å². The number of halogens is 2. The van der Waals surface area contributed by atoms with Crippen LogP contribution in [-0.4, -0.2) is 32.6 Å². The maximum Gasteiger partial charge on any atom is 0.331 e. The van der Waals surface area contributed by atoms with E-state index in [0.717, 1.165) is 3.79 Å². The van der Waals surface area contributed by atoms with Crippen LogP contribution in [-0.2, 0) is 9.53 Å². The Morgan fingerprint density at radius 3 is 2.60 bits per heavy atom. The third-order valence-electron chi connectivity index (χ3n) is 3.06. The maximum absolute atomic E-state index is 11.9. The Morgan fingerprint density at radius 1 is 1.24 bits per heavy atom. The van der Waals surface area contributed by atoms with Gasteiger partial charge < -0.3 is 14.2 Å². The molecule has 0 atom stereocenters. The minimum atomic E-state index is -0.630. The van der Waals surface area contributed by atoms with E-state index in [2.05, 4.69) is 15.9 Å². The van der Waals surface area contributed by atoms with Crippen LogP contribution in [0.1, 0.15) is 15.2 Å². The number of esters is 1. The molecule has 0 aliphatic heterocycles. The smallest absolute Gasteiger partial charge is 0.331 e. The molecule has 0 aliphatic rings. The number of methoxy groups -OCH3 is 2. The molecule has 0 radical (unpaired) electrons. The van der Waals surface area contributed by atoms with Crippen LogP contribution in [0.5, 0.6) is 11.5 Å². The fraction of sp³-hybridized carbons (Fsp3) is 0.176. The van der Waals surface area contributed by atoms with Crippen LogP contribution in [0.4, 0.5) is 0 Å². The van der Waals surface area contributed by atoms with Gasteiger partial charge in [-0.05, 0) is 51.8 Å². The lowest BCUT2D eigenvalue weighted by molar-refractivity contribution is -0.136. The van der Waals surface area contributed by atoms with E-state index in [-0.39, 0.29) is 12.4 Å². The molecular weight excluding hydrogens is 432 g/mol. The Balaban J connectivity index is 1.98. The second-order valence-corrected chi connectivity index (χ2v) is 7.58. The second kappa shape index (κ2) is 9.03. The van der Waals surface area contributed by atoms with E-state index in [0.29, 0.717) is 27.0 Å². The Bertz CT molecular complexity index is 815. The van der Waals surface area contributed by atoms with Gasteiger partial charge in [0.15, 0.2) is 18.1 Å². The molecule has 0 saturated carbocycles. The first-order valence-electron chi connectivity index (χ1n) is 6.99. The van der Waals surface area contributed by atoms with Crippen molar-refractivity contribution < 1.29 is 23.8 Å². The van der Waals surface area contributed by atoms with E-state index in [4.69, 9.17) is 25.8 Å². The Morgan fingerprint density at radius 2 is 2.00 bits per heavy atom. The molecule has 1 aromatic heterocycles. The zero-order valence-corrected chi connectivity index (χ0v) is 16.5. The standard InChI is InChI=1S/C17H14BrClO5S/c1-22-13-8-10(7-11(19)17(13)23-2)3-6-16(21)24-9-12(20)14-4-5-15(18)25-14/h3-8H,9H2,1-2H3/b6-3+. The number of thiophene rings is 1. The van der Waals surface area contributed by atoms with Gasteiger partial charge in [0.05, 0.1) is 27.9 Å². The molecule has 2 aromatic rings. The van der Waals surface area contributed by atoms with Gasteiger partial charge in [0.1, 0.15) is 0 Å². The number of hydrogen-bond donors (Lipinski definition) is 0. The fourth-order valence-electron chi connectivity index (χ4n) is 1.92. The van der Waals surface area contributed by atoms with Gasteiger partial charge in [0.2, 0.25) is 5.78 Å². The van der Waals surface area contributed by atoms with Gasteiger partial charge in [0.25, 0.3) is 0 Å². The lowest BCUT2D eigenvalue weighted by atomic mass is 10.2. The van der Waals surface area contributed by atoms with Gasteiger partial charge in [-0.1, -0.05) is 11.6 Å². The molecule has 0 aliphatic carbocycles. The molecular formula is C17H14BrClO5S. The summed E-state index contributed by atoms with van der Waals surface area (Å²) in [7, 11) is 2.98. The zero-order valence-electron chi connectivity index (χ0n) is 13.4.